The van der Waals surface area contributed by atoms with Gasteiger partial charge in [0.2, 0.25) is 7.37 Å². The van der Waals surface area contributed by atoms with E-state index in [0.29, 0.717) is 26.1 Å². The number of amides is 1. The minimum absolute atomic E-state index is 0.143. The third kappa shape index (κ3) is 9.59. The van der Waals surface area contributed by atoms with Crippen molar-refractivity contribution in [3.8, 4) is 17.2 Å². The fourth-order valence-electron chi connectivity index (χ4n) is 3.35. The number of methoxy groups -OCH3 is 1. The molecule has 1 atom stereocenters. The second-order valence-corrected chi connectivity index (χ2v) is 14.0. The van der Waals surface area contributed by atoms with Gasteiger partial charge in [0.05, 0.1) is 21.2 Å². The SMILES string of the molecule is CCOP(C)(=O)CN(C(=O)OC(C)(C)C)c1cc(Br)c(Oc2ccc(OCOC)c(C(C)C)c2)c(Br)c1. The molecule has 0 heterocycles. The molecule has 2 aromatic carbocycles. The highest BCUT2D eigenvalue weighted by molar-refractivity contribution is 9.11. The summed E-state index contributed by atoms with van der Waals surface area (Å²) in [6, 6.07) is 9.01. The van der Waals surface area contributed by atoms with Gasteiger partial charge in [-0.3, -0.25) is 9.46 Å². The molecule has 0 radical (unpaired) electrons. The number of nitrogens with zero attached hydrogens (tertiary/aromatic N) is 1. The molecule has 0 aliphatic heterocycles. The van der Waals surface area contributed by atoms with Crippen molar-refractivity contribution in [2.75, 3.05) is 38.4 Å². The Morgan fingerprint density at radius 1 is 1.11 bits per heavy atom. The maximum absolute atomic E-state index is 13.1. The predicted octanol–water partition coefficient (Wildman–Crippen LogP) is 8.75. The van der Waals surface area contributed by atoms with E-state index in [4.69, 9.17) is 23.5 Å². The van der Waals surface area contributed by atoms with Crippen molar-refractivity contribution in [3.63, 3.8) is 0 Å². The molecule has 11 heteroatoms. The zero-order chi connectivity index (χ0) is 28.0. The molecule has 0 aliphatic rings. The highest BCUT2D eigenvalue weighted by Gasteiger charge is 2.30. The highest BCUT2D eigenvalue weighted by atomic mass is 79.9. The Kier molecular flexibility index (Phi) is 11.5. The minimum atomic E-state index is -3.12. The van der Waals surface area contributed by atoms with Gasteiger partial charge < -0.3 is 23.5 Å². The van der Waals surface area contributed by atoms with Gasteiger partial charge in [0.25, 0.3) is 0 Å². The fraction of sp³-hybridized carbons (Fsp3) is 0.500. The summed E-state index contributed by atoms with van der Waals surface area (Å²) >= 11 is 7.13. The average molecular weight is 665 g/mol. The molecule has 0 aliphatic carbocycles. The number of carbonyl (C=O) groups excluding carboxylic acids is 1. The van der Waals surface area contributed by atoms with Gasteiger partial charge in [-0.1, -0.05) is 13.8 Å². The second kappa shape index (κ2) is 13.5. The number of hydrogen-bond acceptors (Lipinski definition) is 7. The van der Waals surface area contributed by atoms with Crippen LogP contribution in [0.25, 0.3) is 0 Å². The normalized spacial score (nSPS) is 13.3. The van der Waals surface area contributed by atoms with Crippen LogP contribution in [0.5, 0.6) is 17.2 Å². The van der Waals surface area contributed by atoms with Gasteiger partial charge in [-0.25, -0.2) is 4.79 Å². The van der Waals surface area contributed by atoms with E-state index in [1.807, 2.05) is 18.2 Å². The molecule has 1 amide bonds. The summed E-state index contributed by atoms with van der Waals surface area (Å²) in [6.45, 7) is 13.1. The first-order valence-corrected chi connectivity index (χ1v) is 15.7. The van der Waals surface area contributed by atoms with Crippen LogP contribution in [0.4, 0.5) is 10.5 Å². The highest BCUT2D eigenvalue weighted by Crippen LogP contribution is 2.46. The number of ether oxygens (including phenoxy) is 4. The van der Waals surface area contributed by atoms with Crippen molar-refractivity contribution in [2.45, 2.75) is 53.1 Å². The summed E-state index contributed by atoms with van der Waals surface area (Å²) < 4.78 is 42.1. The van der Waals surface area contributed by atoms with E-state index in [2.05, 4.69) is 45.7 Å². The third-order valence-corrected chi connectivity index (χ3v) is 7.64. The van der Waals surface area contributed by atoms with Crippen LogP contribution < -0.4 is 14.4 Å². The van der Waals surface area contributed by atoms with Crippen LogP contribution in [-0.4, -0.2) is 45.2 Å². The first kappa shape index (κ1) is 31.6. The molecule has 2 rings (SSSR count). The van der Waals surface area contributed by atoms with Crippen LogP contribution >= 0.6 is 39.2 Å². The summed E-state index contributed by atoms with van der Waals surface area (Å²) in [5.74, 6) is 2.05. The number of anilines is 1. The van der Waals surface area contributed by atoms with Gasteiger partial charge in [0, 0.05) is 19.3 Å². The number of hydrogen-bond donors (Lipinski definition) is 0. The van der Waals surface area contributed by atoms with E-state index in [1.165, 1.54) is 11.6 Å². The Morgan fingerprint density at radius 3 is 2.24 bits per heavy atom. The molecule has 206 valence electrons. The third-order valence-electron chi connectivity index (χ3n) is 4.86. The first-order valence-electron chi connectivity index (χ1n) is 11.8. The number of halogens is 2. The molecule has 0 spiro atoms. The number of rotatable bonds is 11. The van der Waals surface area contributed by atoms with Crippen LogP contribution in [0, 0.1) is 0 Å². The molecular formula is C26H36Br2NO7P. The van der Waals surface area contributed by atoms with Gasteiger partial charge >= 0.3 is 6.09 Å². The second-order valence-electron chi connectivity index (χ2n) is 9.73. The summed E-state index contributed by atoms with van der Waals surface area (Å²) in [4.78, 5) is 14.4. The first-order chi connectivity index (χ1) is 17.2. The maximum Gasteiger partial charge on any atom is 0.415 e. The Morgan fingerprint density at radius 2 is 1.73 bits per heavy atom. The quantitative estimate of drug-likeness (QED) is 0.175. The van der Waals surface area contributed by atoms with Crippen molar-refractivity contribution in [2.24, 2.45) is 0 Å². The zero-order valence-electron chi connectivity index (χ0n) is 22.6. The minimum Gasteiger partial charge on any atom is -0.467 e. The van der Waals surface area contributed by atoms with E-state index in [0.717, 1.165) is 11.3 Å². The van der Waals surface area contributed by atoms with Crippen LogP contribution in [0.1, 0.15) is 53.0 Å². The molecule has 1 unspecified atom stereocenters. The molecular weight excluding hydrogens is 629 g/mol. The standard InChI is InChI=1S/C26H36Br2NO7P/c1-9-34-37(8,31)15-29(25(30)36-26(4,5)6)18-12-21(27)24(22(28)13-18)35-19-10-11-23(33-16-32-7)20(14-19)17(2)3/h10-14,17H,9,15-16H2,1-8H3. The van der Waals surface area contributed by atoms with Gasteiger partial charge in [-0.2, -0.15) is 0 Å². The largest absolute Gasteiger partial charge is 0.467 e. The molecule has 0 fully saturated rings. The van der Waals surface area contributed by atoms with E-state index < -0.39 is 19.1 Å². The zero-order valence-corrected chi connectivity index (χ0v) is 26.7. The van der Waals surface area contributed by atoms with E-state index in [1.54, 1.807) is 46.9 Å². The number of benzene rings is 2. The maximum atomic E-state index is 13.1. The number of carbonyl (C=O) groups is 1. The van der Waals surface area contributed by atoms with E-state index in [9.17, 15) is 9.36 Å². The average Bonchev–Trinajstić information content (AvgIpc) is 2.77. The van der Waals surface area contributed by atoms with Crippen LogP contribution in [0.3, 0.4) is 0 Å². The summed E-state index contributed by atoms with van der Waals surface area (Å²) in [5.41, 5.74) is 0.709. The molecule has 37 heavy (non-hydrogen) atoms. The molecule has 0 saturated heterocycles. The molecule has 0 saturated carbocycles. The fourth-order valence-corrected chi connectivity index (χ4v) is 6.09. The molecule has 0 N–H and O–H groups in total. The lowest BCUT2D eigenvalue weighted by Gasteiger charge is -2.29. The Balaban J connectivity index is 2.44. The van der Waals surface area contributed by atoms with Crippen molar-refractivity contribution >= 4 is 51.0 Å². The Hall–Kier alpha value is -1.58. The molecule has 0 aromatic heterocycles. The lowest BCUT2D eigenvalue weighted by atomic mass is 10.0. The van der Waals surface area contributed by atoms with E-state index >= 15 is 0 Å². The predicted molar refractivity (Wildman–Crippen MR) is 154 cm³/mol. The summed E-state index contributed by atoms with van der Waals surface area (Å²) in [5, 5.41) is 0. The molecule has 2 aromatic rings. The smallest absolute Gasteiger partial charge is 0.415 e. The summed E-state index contributed by atoms with van der Waals surface area (Å²) in [6.07, 6.45) is -0.773. The van der Waals surface area contributed by atoms with Gasteiger partial charge in [0.15, 0.2) is 12.5 Å². The van der Waals surface area contributed by atoms with Crippen LogP contribution in [0.2, 0.25) is 0 Å². The van der Waals surface area contributed by atoms with Gasteiger partial charge in [-0.15, -0.1) is 0 Å². The van der Waals surface area contributed by atoms with Crippen molar-refractivity contribution in [1.82, 2.24) is 0 Å². The van der Waals surface area contributed by atoms with Crippen molar-refractivity contribution in [3.05, 3.63) is 44.8 Å². The Labute approximate surface area is 236 Å². The van der Waals surface area contributed by atoms with Crippen molar-refractivity contribution < 1.29 is 32.8 Å². The molecule has 8 nitrogen and oxygen atoms in total. The topological polar surface area (TPSA) is 83.5 Å². The van der Waals surface area contributed by atoms with Crippen LogP contribution in [0.15, 0.2) is 39.3 Å². The summed E-state index contributed by atoms with van der Waals surface area (Å²) in [7, 11) is -1.54. The molecule has 0 bridgehead atoms. The Bertz CT molecular complexity index is 1110. The van der Waals surface area contributed by atoms with Gasteiger partial charge in [-0.05, 0) is 95.8 Å². The van der Waals surface area contributed by atoms with E-state index in [-0.39, 0.29) is 25.6 Å². The lowest BCUT2D eigenvalue weighted by molar-refractivity contribution is 0.0502. The lowest BCUT2D eigenvalue weighted by Crippen LogP contribution is -2.37. The van der Waals surface area contributed by atoms with Crippen molar-refractivity contribution in [1.29, 1.82) is 0 Å². The van der Waals surface area contributed by atoms with Gasteiger partial charge in [0.1, 0.15) is 23.4 Å². The monoisotopic (exact) mass is 663 g/mol. The van der Waals surface area contributed by atoms with Crippen LogP contribution in [-0.2, 0) is 18.6 Å².